The smallest absolute Gasteiger partial charge is 0.191 e. The van der Waals surface area contributed by atoms with E-state index in [1.165, 1.54) is 0 Å². The first kappa shape index (κ1) is 20.5. The van der Waals surface area contributed by atoms with Crippen LogP contribution in [0, 0.1) is 0 Å². The first-order chi connectivity index (χ1) is 11.6. The van der Waals surface area contributed by atoms with Crippen LogP contribution in [0.15, 0.2) is 9.52 Å². The molecule has 0 fully saturated rings. The summed E-state index contributed by atoms with van der Waals surface area (Å²) in [4.78, 5) is 7.07. The molecule has 0 aliphatic carbocycles. The molecule has 1 atom stereocenters. The summed E-state index contributed by atoms with van der Waals surface area (Å²) in [6.07, 6.45) is 2.89. The Balaban J connectivity index is 2.64. The maximum atomic E-state index is 5.41. The summed E-state index contributed by atoms with van der Waals surface area (Å²) < 4.78 is 5.41. The van der Waals surface area contributed by atoms with Gasteiger partial charge in [-0.05, 0) is 33.7 Å². The molecular formula is C18H35N5O. The maximum Gasteiger partial charge on any atom is 0.191 e. The minimum Gasteiger partial charge on any atom is -0.361 e. The van der Waals surface area contributed by atoms with Crippen LogP contribution in [0.3, 0.4) is 0 Å². The van der Waals surface area contributed by atoms with Crippen molar-refractivity contribution in [1.82, 2.24) is 20.7 Å². The number of aryl methyl sites for hydroxylation is 2. The van der Waals surface area contributed by atoms with Crippen LogP contribution in [-0.4, -0.2) is 48.7 Å². The van der Waals surface area contributed by atoms with Crippen LogP contribution >= 0.6 is 0 Å². The van der Waals surface area contributed by atoms with Crippen molar-refractivity contribution < 1.29 is 4.52 Å². The number of likely N-dealkylation sites (N-methyl/N-ethyl adjacent to an activating group) is 1. The molecule has 0 aliphatic rings. The predicted molar refractivity (Wildman–Crippen MR) is 100 cm³/mol. The highest BCUT2D eigenvalue weighted by molar-refractivity contribution is 5.79. The third kappa shape index (κ3) is 6.15. The molecule has 6 heteroatoms. The van der Waals surface area contributed by atoms with Gasteiger partial charge in [0.15, 0.2) is 5.96 Å². The molecule has 1 aromatic heterocycles. The highest BCUT2D eigenvalue weighted by Gasteiger charge is 2.13. The number of aliphatic imine (C=N–C) groups is 1. The van der Waals surface area contributed by atoms with Gasteiger partial charge in [-0.3, -0.25) is 0 Å². The fourth-order valence-corrected chi connectivity index (χ4v) is 2.50. The molecule has 0 spiro atoms. The van der Waals surface area contributed by atoms with E-state index in [4.69, 9.17) is 9.52 Å². The highest BCUT2D eigenvalue weighted by atomic mass is 16.5. The van der Waals surface area contributed by atoms with E-state index in [2.05, 4.69) is 62.4 Å². The number of aromatic nitrogens is 1. The van der Waals surface area contributed by atoms with Crippen molar-refractivity contribution in [3.05, 3.63) is 17.0 Å². The zero-order chi connectivity index (χ0) is 17.9. The third-order valence-electron chi connectivity index (χ3n) is 4.45. The summed E-state index contributed by atoms with van der Waals surface area (Å²) in [5.41, 5.74) is 2.15. The second-order valence-corrected chi connectivity index (χ2v) is 6.10. The van der Waals surface area contributed by atoms with Crippen molar-refractivity contribution in [2.24, 2.45) is 4.99 Å². The van der Waals surface area contributed by atoms with Gasteiger partial charge >= 0.3 is 0 Å². The van der Waals surface area contributed by atoms with Gasteiger partial charge in [-0.25, -0.2) is 4.99 Å². The number of rotatable bonds is 10. The zero-order valence-electron chi connectivity index (χ0n) is 16.3. The minimum atomic E-state index is 0.600. The summed E-state index contributed by atoms with van der Waals surface area (Å²) >= 11 is 0. The normalized spacial score (nSPS) is 13.4. The van der Waals surface area contributed by atoms with Crippen LogP contribution in [0.2, 0.25) is 0 Å². The molecular weight excluding hydrogens is 302 g/mol. The Morgan fingerprint density at radius 1 is 1.21 bits per heavy atom. The van der Waals surface area contributed by atoms with Crippen molar-refractivity contribution in [1.29, 1.82) is 0 Å². The highest BCUT2D eigenvalue weighted by Crippen LogP contribution is 2.16. The summed E-state index contributed by atoms with van der Waals surface area (Å²) in [6.45, 7) is 14.0. The lowest BCUT2D eigenvalue weighted by atomic mass is 10.1. The van der Waals surface area contributed by atoms with Gasteiger partial charge in [-0.2, -0.15) is 0 Å². The van der Waals surface area contributed by atoms with Gasteiger partial charge in [0, 0.05) is 37.7 Å². The molecule has 0 saturated heterocycles. The standard InChI is InChI=1S/C18H35N5O/c1-7-14(5)23(6)12-11-20-18(19-10-4)21-13-15-16(8-2)22-24-17(15)9-3/h14H,7-13H2,1-6H3,(H2,19,20,21). The summed E-state index contributed by atoms with van der Waals surface area (Å²) in [5, 5.41) is 10.9. The van der Waals surface area contributed by atoms with Gasteiger partial charge < -0.3 is 20.1 Å². The first-order valence-corrected chi connectivity index (χ1v) is 9.25. The van der Waals surface area contributed by atoms with Crippen LogP contribution in [0.25, 0.3) is 0 Å². The summed E-state index contributed by atoms with van der Waals surface area (Å²) in [6, 6.07) is 0.600. The summed E-state index contributed by atoms with van der Waals surface area (Å²) in [5.74, 6) is 1.79. The van der Waals surface area contributed by atoms with Gasteiger partial charge in [0.05, 0.1) is 12.2 Å². The quantitative estimate of drug-likeness (QED) is 0.507. The van der Waals surface area contributed by atoms with Crippen LogP contribution in [0.5, 0.6) is 0 Å². The molecule has 0 aromatic carbocycles. The van der Waals surface area contributed by atoms with Crippen molar-refractivity contribution >= 4 is 5.96 Å². The van der Waals surface area contributed by atoms with E-state index in [9.17, 15) is 0 Å². The molecule has 1 rings (SSSR count). The number of nitrogens with zero attached hydrogens (tertiary/aromatic N) is 3. The van der Waals surface area contributed by atoms with Crippen molar-refractivity contribution in [3.8, 4) is 0 Å². The second kappa shape index (κ2) is 11.1. The Morgan fingerprint density at radius 3 is 2.54 bits per heavy atom. The van der Waals surface area contributed by atoms with Crippen molar-refractivity contribution in [3.63, 3.8) is 0 Å². The summed E-state index contributed by atoms with van der Waals surface area (Å²) in [7, 11) is 2.16. The van der Waals surface area contributed by atoms with E-state index < -0.39 is 0 Å². The molecule has 138 valence electrons. The van der Waals surface area contributed by atoms with E-state index in [-0.39, 0.29) is 0 Å². The molecule has 0 radical (unpaired) electrons. The monoisotopic (exact) mass is 337 g/mol. The first-order valence-electron chi connectivity index (χ1n) is 9.25. The average molecular weight is 338 g/mol. The number of hydrogen-bond acceptors (Lipinski definition) is 4. The van der Waals surface area contributed by atoms with Gasteiger partial charge in [-0.1, -0.05) is 25.9 Å². The van der Waals surface area contributed by atoms with E-state index in [1.807, 2.05) is 0 Å². The maximum absolute atomic E-state index is 5.41. The molecule has 1 aromatic rings. The third-order valence-corrected chi connectivity index (χ3v) is 4.45. The Kier molecular flexibility index (Phi) is 9.45. The molecule has 6 nitrogen and oxygen atoms in total. The topological polar surface area (TPSA) is 65.7 Å². The lowest BCUT2D eigenvalue weighted by molar-refractivity contribution is 0.255. The Labute approximate surface area is 147 Å². The average Bonchev–Trinajstić information content (AvgIpc) is 3.00. The van der Waals surface area contributed by atoms with E-state index >= 15 is 0 Å². The fourth-order valence-electron chi connectivity index (χ4n) is 2.50. The Morgan fingerprint density at radius 2 is 1.96 bits per heavy atom. The van der Waals surface area contributed by atoms with Crippen LogP contribution in [-0.2, 0) is 19.4 Å². The lowest BCUT2D eigenvalue weighted by Gasteiger charge is -2.24. The molecule has 1 unspecified atom stereocenters. The largest absolute Gasteiger partial charge is 0.361 e. The Hall–Kier alpha value is -1.56. The SMILES string of the molecule is CCNC(=NCc1c(CC)noc1CC)NCCN(C)C(C)CC. The molecule has 0 saturated carbocycles. The van der Waals surface area contributed by atoms with Gasteiger partial charge in [0.2, 0.25) is 0 Å². The number of hydrogen-bond donors (Lipinski definition) is 2. The lowest BCUT2D eigenvalue weighted by Crippen LogP contribution is -2.42. The van der Waals surface area contributed by atoms with Crippen LogP contribution < -0.4 is 10.6 Å². The molecule has 1 heterocycles. The molecule has 0 bridgehead atoms. The van der Waals surface area contributed by atoms with Gasteiger partial charge in [0.25, 0.3) is 0 Å². The van der Waals surface area contributed by atoms with E-state index in [0.29, 0.717) is 12.6 Å². The molecule has 0 amide bonds. The zero-order valence-corrected chi connectivity index (χ0v) is 16.3. The van der Waals surface area contributed by atoms with Crippen molar-refractivity contribution in [2.45, 2.75) is 66.5 Å². The fraction of sp³-hybridized carbons (Fsp3) is 0.778. The second-order valence-electron chi connectivity index (χ2n) is 6.10. The minimum absolute atomic E-state index is 0.600. The van der Waals surface area contributed by atoms with Gasteiger partial charge in [-0.15, -0.1) is 0 Å². The number of guanidine groups is 1. The predicted octanol–water partition coefficient (Wildman–Crippen LogP) is 2.58. The van der Waals surface area contributed by atoms with Crippen molar-refractivity contribution in [2.75, 3.05) is 26.7 Å². The van der Waals surface area contributed by atoms with E-state index in [1.54, 1.807) is 0 Å². The van der Waals surface area contributed by atoms with Gasteiger partial charge in [0.1, 0.15) is 5.76 Å². The number of nitrogens with one attached hydrogen (secondary N) is 2. The van der Waals surface area contributed by atoms with Crippen LogP contribution in [0.1, 0.15) is 58.1 Å². The molecule has 24 heavy (non-hydrogen) atoms. The Bertz CT molecular complexity index is 476. The molecule has 0 aliphatic heterocycles. The molecule has 2 N–H and O–H groups in total. The van der Waals surface area contributed by atoms with Crippen LogP contribution in [0.4, 0.5) is 0 Å². The van der Waals surface area contributed by atoms with E-state index in [0.717, 1.165) is 61.9 Å².